The van der Waals surface area contributed by atoms with Crippen LogP contribution in [0.1, 0.15) is 27.2 Å². The van der Waals surface area contributed by atoms with E-state index in [0.717, 1.165) is 6.42 Å². The van der Waals surface area contributed by atoms with Crippen LogP contribution >= 0.6 is 0 Å². The van der Waals surface area contributed by atoms with Crippen LogP contribution in [-0.2, 0) is 0 Å². The lowest BCUT2D eigenvalue weighted by atomic mass is 9.87. The van der Waals surface area contributed by atoms with Gasteiger partial charge in [0.25, 0.3) is 0 Å². The molecule has 0 fully saturated rings. The number of hydrogen-bond acceptors (Lipinski definition) is 0. The Kier molecular flexibility index (Phi) is 3.66. The molecule has 0 saturated heterocycles. The van der Waals surface area contributed by atoms with Gasteiger partial charge in [-0.1, -0.05) is 44.2 Å². The Morgan fingerprint density at radius 2 is 1.94 bits per heavy atom. The summed E-state index contributed by atoms with van der Waals surface area (Å²) in [5, 5.41) is 0. The Morgan fingerprint density at radius 3 is 2.44 bits per heavy atom. The summed E-state index contributed by atoms with van der Waals surface area (Å²) >= 11 is 0. The highest BCUT2D eigenvalue weighted by atomic mass is 19.4. The molecule has 3 heteroatoms. The van der Waals surface area contributed by atoms with Crippen molar-refractivity contribution in [2.24, 2.45) is 11.3 Å². The number of rotatable bonds is 2. The van der Waals surface area contributed by atoms with E-state index < -0.39 is 12.1 Å². The Morgan fingerprint density at radius 1 is 1.31 bits per heavy atom. The molecule has 2 unspecified atom stereocenters. The van der Waals surface area contributed by atoms with Crippen LogP contribution in [0.5, 0.6) is 0 Å². The maximum absolute atomic E-state index is 12.5. The molecule has 1 aliphatic rings. The molecule has 0 nitrogen and oxygen atoms in total. The van der Waals surface area contributed by atoms with Crippen molar-refractivity contribution < 1.29 is 13.2 Å². The standard InChI is InChI=1S/C13H17F3/c1-4-12(3)8-5-6-11(7-9-12)10(2)13(14,15)16/h5-10H,4H2,1-3H3. The van der Waals surface area contributed by atoms with E-state index in [1.54, 1.807) is 18.2 Å². The van der Waals surface area contributed by atoms with Crippen molar-refractivity contribution in [2.75, 3.05) is 0 Å². The molecule has 0 saturated carbocycles. The van der Waals surface area contributed by atoms with E-state index in [2.05, 4.69) is 0 Å². The lowest BCUT2D eigenvalue weighted by Gasteiger charge is -2.19. The molecular weight excluding hydrogens is 213 g/mol. The summed E-state index contributed by atoms with van der Waals surface area (Å²) < 4.78 is 37.6. The van der Waals surface area contributed by atoms with Crippen LogP contribution in [0.15, 0.2) is 36.0 Å². The molecule has 2 atom stereocenters. The third kappa shape index (κ3) is 3.00. The fourth-order valence-corrected chi connectivity index (χ4v) is 1.49. The first-order valence-electron chi connectivity index (χ1n) is 5.44. The summed E-state index contributed by atoms with van der Waals surface area (Å²) in [6.07, 6.45) is 5.38. The van der Waals surface area contributed by atoms with Crippen LogP contribution < -0.4 is 0 Å². The zero-order valence-corrected chi connectivity index (χ0v) is 9.81. The SMILES string of the molecule is CCC1(C)C=CC=C(C(C)C(F)(F)F)C=C1. The van der Waals surface area contributed by atoms with Crippen LogP contribution in [0.4, 0.5) is 13.2 Å². The molecule has 0 radical (unpaired) electrons. The maximum atomic E-state index is 12.5. The third-order valence-electron chi connectivity index (χ3n) is 3.17. The maximum Gasteiger partial charge on any atom is 0.395 e. The van der Waals surface area contributed by atoms with Gasteiger partial charge >= 0.3 is 6.18 Å². The van der Waals surface area contributed by atoms with Crippen LogP contribution in [-0.4, -0.2) is 6.18 Å². The molecule has 0 aromatic carbocycles. The van der Waals surface area contributed by atoms with Crippen LogP contribution in [0.2, 0.25) is 0 Å². The van der Waals surface area contributed by atoms with Gasteiger partial charge in [0.15, 0.2) is 0 Å². The zero-order chi connectivity index (χ0) is 12.4. The monoisotopic (exact) mass is 230 g/mol. The molecule has 1 rings (SSSR count). The Labute approximate surface area is 94.5 Å². The second-order valence-corrected chi connectivity index (χ2v) is 4.48. The molecule has 0 bridgehead atoms. The predicted molar refractivity (Wildman–Crippen MR) is 60.0 cm³/mol. The van der Waals surface area contributed by atoms with Gasteiger partial charge in [0.05, 0.1) is 5.92 Å². The highest BCUT2D eigenvalue weighted by molar-refractivity contribution is 5.33. The normalized spacial score (nSPS) is 27.5. The van der Waals surface area contributed by atoms with Gasteiger partial charge < -0.3 is 0 Å². The van der Waals surface area contributed by atoms with Gasteiger partial charge in [-0.05, 0) is 18.9 Å². The molecular formula is C13H17F3. The number of hydrogen-bond donors (Lipinski definition) is 0. The number of halogens is 3. The Bertz CT molecular complexity index is 334. The fraction of sp³-hybridized carbons (Fsp3) is 0.538. The molecule has 0 aromatic rings. The predicted octanol–water partition coefficient (Wildman–Crippen LogP) is 4.65. The Balaban J connectivity index is 2.92. The van der Waals surface area contributed by atoms with Gasteiger partial charge in [0.1, 0.15) is 0 Å². The van der Waals surface area contributed by atoms with Crippen molar-refractivity contribution in [1.82, 2.24) is 0 Å². The third-order valence-corrected chi connectivity index (χ3v) is 3.17. The lowest BCUT2D eigenvalue weighted by molar-refractivity contribution is -0.158. The zero-order valence-electron chi connectivity index (χ0n) is 9.81. The minimum atomic E-state index is -4.17. The first-order valence-corrected chi connectivity index (χ1v) is 5.44. The van der Waals surface area contributed by atoms with Gasteiger partial charge in [0, 0.05) is 5.41 Å². The molecule has 16 heavy (non-hydrogen) atoms. The van der Waals surface area contributed by atoms with E-state index in [0.29, 0.717) is 5.57 Å². The van der Waals surface area contributed by atoms with Crippen molar-refractivity contribution in [3.8, 4) is 0 Å². The van der Waals surface area contributed by atoms with Crippen LogP contribution in [0, 0.1) is 11.3 Å². The van der Waals surface area contributed by atoms with Crippen molar-refractivity contribution >= 4 is 0 Å². The quantitative estimate of drug-likeness (QED) is 0.647. The number of alkyl halides is 3. The average Bonchev–Trinajstić information content (AvgIpc) is 2.39. The van der Waals surface area contributed by atoms with Crippen LogP contribution in [0.3, 0.4) is 0 Å². The molecule has 90 valence electrons. The molecule has 0 amide bonds. The molecule has 0 spiro atoms. The molecule has 0 N–H and O–H groups in total. The van der Waals surface area contributed by atoms with Crippen molar-refractivity contribution in [3.05, 3.63) is 36.0 Å². The van der Waals surface area contributed by atoms with Crippen LogP contribution in [0.25, 0.3) is 0 Å². The molecule has 0 heterocycles. The summed E-state index contributed by atoms with van der Waals surface area (Å²) in [6.45, 7) is 5.22. The molecule has 1 aliphatic carbocycles. The summed E-state index contributed by atoms with van der Waals surface area (Å²) in [5.74, 6) is -1.41. The van der Waals surface area contributed by atoms with Gasteiger partial charge in [-0.25, -0.2) is 0 Å². The average molecular weight is 230 g/mol. The van der Waals surface area contributed by atoms with Crippen molar-refractivity contribution in [3.63, 3.8) is 0 Å². The van der Waals surface area contributed by atoms with E-state index in [-0.39, 0.29) is 5.41 Å². The van der Waals surface area contributed by atoms with Gasteiger partial charge in [-0.2, -0.15) is 13.2 Å². The van der Waals surface area contributed by atoms with E-state index in [9.17, 15) is 13.2 Å². The lowest BCUT2D eigenvalue weighted by Crippen LogP contribution is -2.21. The summed E-state index contributed by atoms with van der Waals surface area (Å²) in [6, 6.07) is 0. The van der Waals surface area contributed by atoms with E-state index in [4.69, 9.17) is 0 Å². The van der Waals surface area contributed by atoms with E-state index in [1.807, 2.05) is 26.0 Å². The molecule has 0 aromatic heterocycles. The number of allylic oxidation sites excluding steroid dienone is 6. The summed E-state index contributed by atoms with van der Waals surface area (Å²) in [4.78, 5) is 0. The summed E-state index contributed by atoms with van der Waals surface area (Å²) in [5.41, 5.74) is 0.185. The fourth-order valence-electron chi connectivity index (χ4n) is 1.49. The minimum absolute atomic E-state index is 0.135. The van der Waals surface area contributed by atoms with Gasteiger partial charge in [-0.15, -0.1) is 0 Å². The second kappa shape index (κ2) is 4.48. The topological polar surface area (TPSA) is 0 Å². The van der Waals surface area contributed by atoms with Crippen molar-refractivity contribution in [2.45, 2.75) is 33.4 Å². The van der Waals surface area contributed by atoms with Crippen molar-refractivity contribution in [1.29, 1.82) is 0 Å². The molecule has 0 aliphatic heterocycles. The van der Waals surface area contributed by atoms with E-state index >= 15 is 0 Å². The highest BCUT2D eigenvalue weighted by Gasteiger charge is 2.37. The highest BCUT2D eigenvalue weighted by Crippen LogP contribution is 2.35. The van der Waals surface area contributed by atoms with Gasteiger partial charge in [-0.3, -0.25) is 0 Å². The van der Waals surface area contributed by atoms with E-state index in [1.165, 1.54) is 6.92 Å². The second-order valence-electron chi connectivity index (χ2n) is 4.48. The Hall–Kier alpha value is -0.990. The smallest absolute Gasteiger partial charge is 0.170 e. The largest absolute Gasteiger partial charge is 0.395 e. The first kappa shape index (κ1) is 13.1. The van der Waals surface area contributed by atoms with Gasteiger partial charge in [0.2, 0.25) is 0 Å². The summed E-state index contributed by atoms with van der Waals surface area (Å²) in [7, 11) is 0. The minimum Gasteiger partial charge on any atom is -0.170 e. The first-order chi connectivity index (χ1) is 7.28.